The Morgan fingerprint density at radius 1 is 1.73 bits per heavy atom. The highest BCUT2D eigenvalue weighted by molar-refractivity contribution is 9.10. The SMILES string of the molecule is CCc1nc2n(c1NC)[C@@H]1C[C@]1(Br)C=C2. The lowest BCUT2D eigenvalue weighted by Gasteiger charge is -2.15. The van der Waals surface area contributed by atoms with Crippen LogP contribution in [0.5, 0.6) is 0 Å². The van der Waals surface area contributed by atoms with Crippen molar-refractivity contribution in [1.82, 2.24) is 9.55 Å². The largest absolute Gasteiger partial charge is 0.373 e. The van der Waals surface area contributed by atoms with Gasteiger partial charge in [-0.15, -0.1) is 0 Å². The van der Waals surface area contributed by atoms with Gasteiger partial charge in [-0.2, -0.15) is 0 Å². The van der Waals surface area contributed by atoms with Crippen molar-refractivity contribution >= 4 is 27.8 Å². The van der Waals surface area contributed by atoms with Gasteiger partial charge in [0.15, 0.2) is 0 Å². The van der Waals surface area contributed by atoms with E-state index in [9.17, 15) is 0 Å². The number of aryl methyl sites for hydroxylation is 1. The number of nitrogens with zero attached hydrogens (tertiary/aromatic N) is 2. The lowest BCUT2D eigenvalue weighted by molar-refractivity contribution is 0.712. The maximum absolute atomic E-state index is 4.64. The number of allylic oxidation sites excluding steroid dienone is 1. The van der Waals surface area contributed by atoms with Gasteiger partial charge in [0.25, 0.3) is 0 Å². The molecule has 1 fully saturated rings. The van der Waals surface area contributed by atoms with Gasteiger partial charge >= 0.3 is 0 Å². The molecule has 1 aliphatic heterocycles. The van der Waals surface area contributed by atoms with Crippen LogP contribution in [0.1, 0.15) is 30.9 Å². The molecule has 1 aromatic heterocycles. The molecule has 0 spiro atoms. The molecule has 0 amide bonds. The van der Waals surface area contributed by atoms with E-state index in [0.29, 0.717) is 6.04 Å². The van der Waals surface area contributed by atoms with Gasteiger partial charge in [0, 0.05) is 7.05 Å². The van der Waals surface area contributed by atoms with Crippen LogP contribution in [0, 0.1) is 0 Å². The van der Waals surface area contributed by atoms with E-state index in [0.717, 1.165) is 12.2 Å². The zero-order valence-corrected chi connectivity index (χ0v) is 10.5. The second-order valence-corrected chi connectivity index (χ2v) is 5.70. The second kappa shape index (κ2) is 2.88. The van der Waals surface area contributed by atoms with Crippen molar-refractivity contribution in [2.24, 2.45) is 0 Å². The molecule has 1 saturated carbocycles. The molecular weight excluding hydrogens is 254 g/mol. The predicted octanol–water partition coefficient (Wildman–Crippen LogP) is 2.59. The Hall–Kier alpha value is -0.770. The number of anilines is 1. The molecule has 2 aliphatic rings. The first kappa shape index (κ1) is 9.46. The van der Waals surface area contributed by atoms with E-state index >= 15 is 0 Å². The number of imidazole rings is 1. The molecule has 0 radical (unpaired) electrons. The smallest absolute Gasteiger partial charge is 0.134 e. The Kier molecular flexibility index (Phi) is 1.81. The normalized spacial score (nSPS) is 31.0. The highest BCUT2D eigenvalue weighted by atomic mass is 79.9. The number of rotatable bonds is 2. The van der Waals surface area contributed by atoms with Crippen molar-refractivity contribution in [2.75, 3.05) is 12.4 Å². The maximum atomic E-state index is 4.64. The number of hydrogen-bond acceptors (Lipinski definition) is 2. The summed E-state index contributed by atoms with van der Waals surface area (Å²) in [5.74, 6) is 2.27. The van der Waals surface area contributed by atoms with Crippen LogP contribution >= 0.6 is 15.9 Å². The van der Waals surface area contributed by atoms with Crippen molar-refractivity contribution in [3.63, 3.8) is 0 Å². The average molecular weight is 268 g/mol. The van der Waals surface area contributed by atoms with E-state index in [1.54, 1.807) is 0 Å². The van der Waals surface area contributed by atoms with Crippen LogP contribution in [0.2, 0.25) is 0 Å². The molecule has 80 valence electrons. The molecule has 1 aliphatic carbocycles. The zero-order valence-electron chi connectivity index (χ0n) is 8.92. The topological polar surface area (TPSA) is 29.9 Å². The van der Waals surface area contributed by atoms with E-state index in [2.05, 4.69) is 49.9 Å². The summed E-state index contributed by atoms with van der Waals surface area (Å²) in [5.41, 5.74) is 1.17. The summed E-state index contributed by atoms with van der Waals surface area (Å²) in [6.45, 7) is 2.15. The third kappa shape index (κ3) is 1.14. The first-order valence-electron chi connectivity index (χ1n) is 5.36. The number of halogens is 1. The Morgan fingerprint density at radius 3 is 3.20 bits per heavy atom. The summed E-state index contributed by atoms with van der Waals surface area (Å²) in [5, 5.41) is 3.27. The van der Waals surface area contributed by atoms with Crippen LogP contribution in [0.3, 0.4) is 0 Å². The number of aromatic nitrogens is 2. The van der Waals surface area contributed by atoms with Crippen LogP contribution in [0.25, 0.3) is 6.08 Å². The fourth-order valence-electron chi connectivity index (χ4n) is 2.38. The molecule has 3 rings (SSSR count). The summed E-state index contributed by atoms with van der Waals surface area (Å²) in [6, 6.07) is 0.549. The standard InChI is InChI=1S/C11H14BrN3/c1-3-7-10(13-2)15-8-6-11(8,12)5-4-9(15)14-7/h4-5,8,13H,3,6H2,1-2H3/t8-,11-/m1/s1. The van der Waals surface area contributed by atoms with Crippen LogP contribution in [-0.2, 0) is 6.42 Å². The first-order chi connectivity index (χ1) is 7.19. The number of hydrogen-bond donors (Lipinski definition) is 1. The van der Waals surface area contributed by atoms with Gasteiger partial charge in [-0.3, -0.25) is 0 Å². The van der Waals surface area contributed by atoms with E-state index in [-0.39, 0.29) is 4.32 Å². The van der Waals surface area contributed by atoms with Crippen molar-refractivity contribution < 1.29 is 0 Å². The molecular formula is C11H14BrN3. The predicted molar refractivity (Wildman–Crippen MR) is 65.5 cm³/mol. The number of fused-ring (bicyclic) bond motifs is 3. The summed E-state index contributed by atoms with van der Waals surface area (Å²) >= 11 is 3.77. The van der Waals surface area contributed by atoms with Crippen molar-refractivity contribution in [1.29, 1.82) is 0 Å². The Bertz CT molecular complexity index is 449. The molecule has 2 heterocycles. The molecule has 1 N–H and O–H groups in total. The molecule has 0 aromatic carbocycles. The Morgan fingerprint density at radius 2 is 2.53 bits per heavy atom. The van der Waals surface area contributed by atoms with Crippen LogP contribution in [0.15, 0.2) is 6.08 Å². The molecule has 15 heavy (non-hydrogen) atoms. The quantitative estimate of drug-likeness (QED) is 0.835. The molecule has 1 aromatic rings. The third-order valence-electron chi connectivity index (χ3n) is 3.30. The molecule has 0 saturated heterocycles. The van der Waals surface area contributed by atoms with Crippen LogP contribution in [-0.4, -0.2) is 20.9 Å². The highest BCUT2D eigenvalue weighted by Gasteiger charge is 2.55. The molecule has 3 nitrogen and oxygen atoms in total. The number of alkyl halides is 1. The molecule has 0 unspecified atom stereocenters. The molecule has 4 heteroatoms. The summed E-state index contributed by atoms with van der Waals surface area (Å²) in [7, 11) is 1.97. The van der Waals surface area contributed by atoms with Gasteiger partial charge in [0.1, 0.15) is 11.6 Å². The van der Waals surface area contributed by atoms with Gasteiger partial charge in [-0.05, 0) is 18.9 Å². The van der Waals surface area contributed by atoms with Crippen LogP contribution < -0.4 is 5.32 Å². The van der Waals surface area contributed by atoms with Crippen molar-refractivity contribution in [3.8, 4) is 0 Å². The van der Waals surface area contributed by atoms with Crippen molar-refractivity contribution in [2.45, 2.75) is 30.1 Å². The van der Waals surface area contributed by atoms with Crippen LogP contribution in [0.4, 0.5) is 5.82 Å². The summed E-state index contributed by atoms with van der Waals surface area (Å²) in [6.07, 6.45) is 6.51. The fourth-order valence-corrected chi connectivity index (χ4v) is 3.02. The van der Waals surface area contributed by atoms with Crippen molar-refractivity contribution in [3.05, 3.63) is 17.6 Å². The number of nitrogens with one attached hydrogen (secondary N) is 1. The van der Waals surface area contributed by atoms with E-state index in [4.69, 9.17) is 0 Å². The van der Waals surface area contributed by atoms with Gasteiger partial charge in [0.05, 0.1) is 16.1 Å². The van der Waals surface area contributed by atoms with E-state index in [1.807, 2.05) is 7.05 Å². The Labute approximate surface area is 97.7 Å². The molecule has 2 atom stereocenters. The van der Waals surface area contributed by atoms with Gasteiger partial charge in [-0.25, -0.2) is 4.98 Å². The van der Waals surface area contributed by atoms with Gasteiger partial charge in [0.2, 0.25) is 0 Å². The lowest BCUT2D eigenvalue weighted by atomic mass is 10.3. The average Bonchev–Trinajstić information content (AvgIpc) is 2.79. The zero-order chi connectivity index (χ0) is 10.6. The monoisotopic (exact) mass is 267 g/mol. The van der Waals surface area contributed by atoms with E-state index < -0.39 is 0 Å². The summed E-state index contributed by atoms with van der Waals surface area (Å²) in [4.78, 5) is 4.64. The second-order valence-electron chi connectivity index (χ2n) is 4.22. The van der Waals surface area contributed by atoms with Gasteiger partial charge in [-0.1, -0.05) is 28.9 Å². The fraction of sp³-hybridized carbons (Fsp3) is 0.545. The first-order valence-corrected chi connectivity index (χ1v) is 6.16. The Balaban J connectivity index is 2.17. The maximum Gasteiger partial charge on any atom is 0.134 e. The highest BCUT2D eigenvalue weighted by Crippen LogP contribution is 2.59. The minimum absolute atomic E-state index is 0.206. The minimum Gasteiger partial charge on any atom is -0.373 e. The summed E-state index contributed by atoms with van der Waals surface area (Å²) < 4.78 is 2.53. The van der Waals surface area contributed by atoms with Gasteiger partial charge < -0.3 is 9.88 Å². The molecule has 0 bridgehead atoms. The minimum atomic E-state index is 0.206. The lowest BCUT2D eigenvalue weighted by Crippen LogP contribution is -2.12. The third-order valence-corrected chi connectivity index (χ3v) is 4.42. The van der Waals surface area contributed by atoms with E-state index in [1.165, 1.54) is 17.9 Å².